The van der Waals surface area contributed by atoms with Gasteiger partial charge < -0.3 is 9.32 Å². The molecule has 2 aliphatic rings. The molecule has 1 saturated heterocycles. The lowest BCUT2D eigenvalue weighted by molar-refractivity contribution is 0.0571. The standard InChI is InChI=1S/C18H21N3O2/c22-18(17-11-19-13-23-17)20-9-6-16(7-10-20)21-8-5-14-3-1-2-4-15(14)12-21/h1-4,11,13,16H,5-10,12H2. The maximum atomic E-state index is 12.3. The third-order valence-corrected chi connectivity index (χ3v) is 5.07. The topological polar surface area (TPSA) is 49.6 Å². The molecule has 0 N–H and O–H groups in total. The Hall–Kier alpha value is -2.14. The lowest BCUT2D eigenvalue weighted by Crippen LogP contribution is -2.48. The quantitative estimate of drug-likeness (QED) is 0.854. The van der Waals surface area contributed by atoms with Crippen molar-refractivity contribution in [1.82, 2.24) is 14.8 Å². The van der Waals surface area contributed by atoms with Crippen molar-refractivity contribution in [1.29, 1.82) is 0 Å². The lowest BCUT2D eigenvalue weighted by Gasteiger charge is -2.40. The van der Waals surface area contributed by atoms with Crippen LogP contribution in [0.25, 0.3) is 0 Å². The van der Waals surface area contributed by atoms with Gasteiger partial charge in [0.05, 0.1) is 6.20 Å². The Morgan fingerprint density at radius 3 is 2.65 bits per heavy atom. The van der Waals surface area contributed by atoms with Crippen molar-refractivity contribution in [3.8, 4) is 0 Å². The normalized spacial score (nSPS) is 19.6. The van der Waals surface area contributed by atoms with E-state index in [9.17, 15) is 4.79 Å². The number of hydrogen-bond donors (Lipinski definition) is 0. The van der Waals surface area contributed by atoms with Gasteiger partial charge in [-0.2, -0.15) is 0 Å². The first-order valence-electron chi connectivity index (χ1n) is 8.30. The summed E-state index contributed by atoms with van der Waals surface area (Å²) in [5.41, 5.74) is 2.94. The number of aromatic nitrogens is 1. The summed E-state index contributed by atoms with van der Waals surface area (Å²) in [7, 11) is 0. The van der Waals surface area contributed by atoms with Gasteiger partial charge in [-0.3, -0.25) is 9.69 Å². The van der Waals surface area contributed by atoms with Crippen LogP contribution in [-0.2, 0) is 13.0 Å². The minimum Gasteiger partial charge on any atom is -0.438 e. The minimum absolute atomic E-state index is 0.0371. The highest BCUT2D eigenvalue weighted by Gasteiger charge is 2.29. The molecule has 0 atom stereocenters. The first kappa shape index (κ1) is 14.5. The van der Waals surface area contributed by atoms with Crippen LogP contribution in [0.2, 0.25) is 0 Å². The molecular weight excluding hydrogens is 290 g/mol. The van der Waals surface area contributed by atoms with E-state index in [1.165, 1.54) is 23.7 Å². The second-order valence-electron chi connectivity index (χ2n) is 6.38. The zero-order valence-corrected chi connectivity index (χ0v) is 13.1. The number of carbonyl (C=O) groups is 1. The zero-order chi connectivity index (χ0) is 15.6. The molecule has 0 aliphatic carbocycles. The van der Waals surface area contributed by atoms with E-state index in [1.54, 1.807) is 0 Å². The van der Waals surface area contributed by atoms with E-state index >= 15 is 0 Å². The Balaban J connectivity index is 1.36. The Kier molecular flexibility index (Phi) is 3.87. The molecule has 1 fully saturated rings. The summed E-state index contributed by atoms with van der Waals surface area (Å²) < 4.78 is 5.12. The van der Waals surface area contributed by atoms with Crippen molar-refractivity contribution in [2.75, 3.05) is 19.6 Å². The third kappa shape index (κ3) is 2.88. The van der Waals surface area contributed by atoms with Crippen LogP contribution in [0.15, 0.2) is 41.3 Å². The maximum absolute atomic E-state index is 12.3. The first-order valence-corrected chi connectivity index (χ1v) is 8.30. The number of likely N-dealkylation sites (tertiary alicyclic amines) is 1. The van der Waals surface area contributed by atoms with E-state index in [4.69, 9.17) is 4.42 Å². The van der Waals surface area contributed by atoms with E-state index in [1.807, 2.05) is 4.90 Å². The fourth-order valence-electron chi connectivity index (χ4n) is 3.74. The van der Waals surface area contributed by atoms with Crippen molar-refractivity contribution < 1.29 is 9.21 Å². The SMILES string of the molecule is O=C(c1cnco1)N1CCC(N2CCc3ccccc3C2)CC1. The molecule has 0 bridgehead atoms. The summed E-state index contributed by atoms with van der Waals surface area (Å²) in [5.74, 6) is 0.306. The smallest absolute Gasteiger partial charge is 0.291 e. The van der Waals surface area contributed by atoms with Gasteiger partial charge in [0, 0.05) is 32.2 Å². The zero-order valence-electron chi connectivity index (χ0n) is 13.1. The number of oxazole rings is 1. The Morgan fingerprint density at radius 2 is 1.91 bits per heavy atom. The minimum atomic E-state index is -0.0371. The molecule has 5 nitrogen and oxygen atoms in total. The number of carbonyl (C=O) groups excluding carboxylic acids is 1. The van der Waals surface area contributed by atoms with E-state index in [2.05, 4.69) is 34.1 Å². The number of piperidine rings is 1. The van der Waals surface area contributed by atoms with Crippen molar-refractivity contribution in [2.45, 2.75) is 31.8 Å². The summed E-state index contributed by atoms with van der Waals surface area (Å²) in [6, 6.07) is 9.31. The van der Waals surface area contributed by atoms with E-state index in [0.29, 0.717) is 11.8 Å². The van der Waals surface area contributed by atoms with Gasteiger partial charge in [-0.1, -0.05) is 24.3 Å². The number of fused-ring (bicyclic) bond motifs is 1. The van der Waals surface area contributed by atoms with Crippen LogP contribution in [0.5, 0.6) is 0 Å². The van der Waals surface area contributed by atoms with Crippen LogP contribution in [0.3, 0.4) is 0 Å². The molecule has 0 spiro atoms. The number of nitrogens with zero attached hydrogens (tertiary/aromatic N) is 3. The van der Waals surface area contributed by atoms with Crippen molar-refractivity contribution in [3.05, 3.63) is 53.7 Å². The van der Waals surface area contributed by atoms with Crippen LogP contribution in [0.1, 0.15) is 34.5 Å². The van der Waals surface area contributed by atoms with Crippen LogP contribution >= 0.6 is 0 Å². The van der Waals surface area contributed by atoms with Crippen molar-refractivity contribution >= 4 is 5.91 Å². The first-order chi connectivity index (χ1) is 11.3. The molecule has 4 rings (SSSR count). The Morgan fingerprint density at radius 1 is 1.13 bits per heavy atom. The molecule has 2 aromatic rings. The van der Waals surface area contributed by atoms with E-state index < -0.39 is 0 Å². The highest BCUT2D eigenvalue weighted by Crippen LogP contribution is 2.25. The number of rotatable bonds is 2. The van der Waals surface area contributed by atoms with Gasteiger partial charge in [0.25, 0.3) is 5.91 Å². The highest BCUT2D eigenvalue weighted by molar-refractivity contribution is 5.91. The molecular formula is C18H21N3O2. The van der Waals surface area contributed by atoms with Gasteiger partial charge >= 0.3 is 0 Å². The van der Waals surface area contributed by atoms with Gasteiger partial charge in [0.1, 0.15) is 0 Å². The van der Waals surface area contributed by atoms with Crippen molar-refractivity contribution in [2.24, 2.45) is 0 Å². The van der Waals surface area contributed by atoms with Crippen LogP contribution in [0.4, 0.5) is 0 Å². The molecule has 1 aromatic carbocycles. The molecule has 120 valence electrons. The van der Waals surface area contributed by atoms with Gasteiger partial charge in [0.15, 0.2) is 6.39 Å². The summed E-state index contributed by atoms with van der Waals surface area (Å²) >= 11 is 0. The molecule has 0 radical (unpaired) electrons. The Bertz CT molecular complexity index is 675. The van der Waals surface area contributed by atoms with Gasteiger partial charge in [-0.15, -0.1) is 0 Å². The molecule has 0 unspecified atom stereocenters. The number of benzene rings is 1. The van der Waals surface area contributed by atoms with E-state index in [-0.39, 0.29) is 5.91 Å². The number of amides is 1. The van der Waals surface area contributed by atoms with Gasteiger partial charge in [-0.25, -0.2) is 4.98 Å². The molecule has 23 heavy (non-hydrogen) atoms. The van der Waals surface area contributed by atoms with Gasteiger partial charge in [0.2, 0.25) is 5.76 Å². The fraction of sp³-hybridized carbons (Fsp3) is 0.444. The molecule has 0 saturated carbocycles. The maximum Gasteiger partial charge on any atom is 0.291 e. The monoisotopic (exact) mass is 311 g/mol. The summed E-state index contributed by atoms with van der Waals surface area (Å²) in [6.07, 6.45) is 6.00. The second-order valence-corrected chi connectivity index (χ2v) is 6.38. The average molecular weight is 311 g/mol. The van der Waals surface area contributed by atoms with Crippen LogP contribution in [-0.4, -0.2) is 46.4 Å². The van der Waals surface area contributed by atoms with Crippen LogP contribution in [0, 0.1) is 0 Å². The van der Waals surface area contributed by atoms with E-state index in [0.717, 1.165) is 45.4 Å². The summed E-state index contributed by atoms with van der Waals surface area (Å²) in [6.45, 7) is 3.75. The molecule has 1 aromatic heterocycles. The summed E-state index contributed by atoms with van der Waals surface area (Å²) in [4.78, 5) is 20.6. The Labute approximate surface area is 135 Å². The molecule has 1 amide bonds. The van der Waals surface area contributed by atoms with Crippen LogP contribution < -0.4 is 0 Å². The third-order valence-electron chi connectivity index (χ3n) is 5.07. The largest absolute Gasteiger partial charge is 0.438 e. The molecule has 2 aliphatic heterocycles. The second kappa shape index (κ2) is 6.16. The predicted molar refractivity (Wildman–Crippen MR) is 86.0 cm³/mol. The van der Waals surface area contributed by atoms with Gasteiger partial charge in [-0.05, 0) is 30.4 Å². The fourth-order valence-corrected chi connectivity index (χ4v) is 3.74. The number of hydrogen-bond acceptors (Lipinski definition) is 4. The summed E-state index contributed by atoms with van der Waals surface area (Å²) in [5, 5.41) is 0. The van der Waals surface area contributed by atoms with Crippen molar-refractivity contribution in [3.63, 3.8) is 0 Å². The highest BCUT2D eigenvalue weighted by atomic mass is 16.3. The predicted octanol–water partition coefficient (Wildman–Crippen LogP) is 2.34. The lowest BCUT2D eigenvalue weighted by atomic mass is 9.95. The molecule has 5 heteroatoms. The molecule has 3 heterocycles. The average Bonchev–Trinajstić information content (AvgIpc) is 3.15.